The van der Waals surface area contributed by atoms with Crippen molar-refractivity contribution in [3.63, 3.8) is 0 Å². The van der Waals surface area contributed by atoms with E-state index in [1.165, 1.54) is 0 Å². The number of amides is 1. The molecule has 1 heterocycles. The van der Waals surface area contributed by atoms with Gasteiger partial charge in [-0.2, -0.15) is 0 Å². The van der Waals surface area contributed by atoms with Crippen LogP contribution in [0.1, 0.15) is 5.56 Å². The molecule has 1 aromatic carbocycles. The van der Waals surface area contributed by atoms with Crippen molar-refractivity contribution < 1.29 is 4.79 Å². The molecule has 6 nitrogen and oxygen atoms in total. The first-order valence-corrected chi connectivity index (χ1v) is 7.63. The lowest BCUT2D eigenvalue weighted by molar-refractivity contribution is -0.115. The maximum absolute atomic E-state index is 12.0. The van der Waals surface area contributed by atoms with E-state index in [1.54, 1.807) is 25.2 Å². The fraction of sp³-hybridized carbons (Fsp3) is 0.222. The Bertz CT molecular complexity index is 734. The molecule has 0 atom stereocenters. The summed E-state index contributed by atoms with van der Waals surface area (Å²) in [5.74, 6) is 2.95. The summed E-state index contributed by atoms with van der Waals surface area (Å²) in [6.07, 6.45) is 9.34. The zero-order chi connectivity index (χ0) is 17.2. The average molecular weight is 451 g/mol. The van der Waals surface area contributed by atoms with Crippen LogP contribution in [0.2, 0.25) is 0 Å². The number of carbonyl (C=O) groups excluding carboxylic acids is 1. The van der Waals surface area contributed by atoms with Gasteiger partial charge in [0.05, 0.1) is 6.54 Å². The Morgan fingerprint density at radius 2 is 2.00 bits per heavy atom. The van der Waals surface area contributed by atoms with Crippen LogP contribution in [0.5, 0.6) is 0 Å². The molecular weight excluding hydrogens is 429 g/mol. The van der Waals surface area contributed by atoms with Gasteiger partial charge in [-0.1, -0.05) is 12.0 Å². The lowest BCUT2D eigenvalue weighted by Gasteiger charge is -2.12. The predicted octanol–water partition coefficient (Wildman–Crippen LogP) is 1.89. The van der Waals surface area contributed by atoms with Crippen molar-refractivity contribution in [3.05, 3.63) is 54.4 Å². The first-order chi connectivity index (χ1) is 11.7. The number of aromatic nitrogens is 1. The summed E-state index contributed by atoms with van der Waals surface area (Å²) in [6.45, 7) is 1.64. The second kappa shape index (κ2) is 11.1. The third-order valence-corrected chi connectivity index (χ3v) is 3.28. The van der Waals surface area contributed by atoms with Crippen LogP contribution in [-0.4, -0.2) is 36.6 Å². The minimum atomic E-state index is -0.169. The number of hydrogen-bond acceptors (Lipinski definition) is 2. The van der Waals surface area contributed by atoms with Gasteiger partial charge in [-0.15, -0.1) is 30.4 Å². The maximum atomic E-state index is 12.0. The minimum absolute atomic E-state index is 0. The Hall–Kier alpha value is -2.47. The highest BCUT2D eigenvalue weighted by Crippen LogP contribution is 2.09. The summed E-state index contributed by atoms with van der Waals surface area (Å²) >= 11 is 0. The van der Waals surface area contributed by atoms with Crippen molar-refractivity contribution in [2.45, 2.75) is 6.54 Å². The average Bonchev–Trinajstić information content (AvgIpc) is 3.11. The van der Waals surface area contributed by atoms with E-state index in [-0.39, 0.29) is 36.4 Å². The largest absolute Gasteiger partial charge is 0.355 e. The zero-order valence-electron chi connectivity index (χ0n) is 14.0. The quantitative estimate of drug-likeness (QED) is 0.272. The lowest BCUT2D eigenvalue weighted by Crippen LogP contribution is -2.42. The van der Waals surface area contributed by atoms with E-state index in [0.29, 0.717) is 18.2 Å². The highest BCUT2D eigenvalue weighted by Gasteiger charge is 2.04. The molecule has 0 bridgehead atoms. The molecule has 3 N–H and O–H groups in total. The van der Waals surface area contributed by atoms with Crippen molar-refractivity contribution in [2.75, 3.05) is 25.5 Å². The summed E-state index contributed by atoms with van der Waals surface area (Å²) in [6, 6.07) is 11.1. The Kier molecular flexibility index (Phi) is 9.17. The number of hydrogen-bond donors (Lipinski definition) is 3. The van der Waals surface area contributed by atoms with Crippen LogP contribution in [-0.2, 0) is 11.3 Å². The molecule has 0 saturated heterocycles. The predicted molar refractivity (Wildman–Crippen MR) is 112 cm³/mol. The molecule has 1 aromatic heterocycles. The SMILES string of the molecule is C#Cc1cccc(NC(=O)CNC(=NC)NCCn2cccc2)c1.I. The molecule has 7 heteroatoms. The van der Waals surface area contributed by atoms with Gasteiger partial charge in [0.15, 0.2) is 5.96 Å². The summed E-state index contributed by atoms with van der Waals surface area (Å²) in [4.78, 5) is 16.1. The number of nitrogens with one attached hydrogen (secondary N) is 3. The number of carbonyl (C=O) groups is 1. The molecule has 132 valence electrons. The fourth-order valence-electron chi connectivity index (χ4n) is 2.10. The van der Waals surface area contributed by atoms with Gasteiger partial charge in [0.25, 0.3) is 0 Å². The Labute approximate surface area is 165 Å². The van der Waals surface area contributed by atoms with Crippen LogP contribution in [0.25, 0.3) is 0 Å². The first kappa shape index (κ1) is 20.6. The van der Waals surface area contributed by atoms with Crippen LogP contribution in [0.15, 0.2) is 53.8 Å². The molecule has 0 fully saturated rings. The molecule has 2 aromatic rings. The molecule has 0 saturated carbocycles. The molecule has 0 unspecified atom stereocenters. The second-order valence-corrected chi connectivity index (χ2v) is 5.05. The summed E-state index contributed by atoms with van der Waals surface area (Å²) < 4.78 is 2.06. The maximum Gasteiger partial charge on any atom is 0.243 e. The van der Waals surface area contributed by atoms with Crippen LogP contribution in [0, 0.1) is 12.3 Å². The van der Waals surface area contributed by atoms with E-state index in [1.807, 2.05) is 30.6 Å². The number of terminal acetylenes is 1. The topological polar surface area (TPSA) is 70.4 Å². The fourth-order valence-corrected chi connectivity index (χ4v) is 2.10. The molecule has 0 aliphatic heterocycles. The van der Waals surface area contributed by atoms with Gasteiger partial charge in [-0.3, -0.25) is 9.79 Å². The molecule has 0 spiro atoms. The van der Waals surface area contributed by atoms with Crippen molar-refractivity contribution >= 4 is 41.5 Å². The van der Waals surface area contributed by atoms with Gasteiger partial charge in [0.1, 0.15) is 0 Å². The number of anilines is 1. The molecule has 25 heavy (non-hydrogen) atoms. The number of benzene rings is 1. The number of rotatable bonds is 6. The third kappa shape index (κ3) is 7.30. The summed E-state index contributed by atoms with van der Waals surface area (Å²) in [5, 5.41) is 8.92. The summed E-state index contributed by atoms with van der Waals surface area (Å²) in [7, 11) is 1.67. The minimum Gasteiger partial charge on any atom is -0.355 e. The van der Waals surface area contributed by atoms with Crippen LogP contribution in [0.4, 0.5) is 5.69 Å². The highest BCUT2D eigenvalue weighted by molar-refractivity contribution is 14.0. The smallest absolute Gasteiger partial charge is 0.243 e. The van der Waals surface area contributed by atoms with Crippen molar-refractivity contribution in [1.29, 1.82) is 0 Å². The number of halogens is 1. The van der Waals surface area contributed by atoms with E-state index in [0.717, 1.165) is 12.1 Å². The Morgan fingerprint density at radius 1 is 1.24 bits per heavy atom. The summed E-state index contributed by atoms with van der Waals surface area (Å²) in [5.41, 5.74) is 1.40. The van der Waals surface area contributed by atoms with Crippen molar-refractivity contribution in [2.24, 2.45) is 4.99 Å². The van der Waals surface area contributed by atoms with Gasteiger partial charge in [0.2, 0.25) is 5.91 Å². The molecular formula is C18H22IN5O. The Balaban J connectivity index is 0.00000312. The van der Waals surface area contributed by atoms with E-state index < -0.39 is 0 Å². The van der Waals surface area contributed by atoms with Crippen LogP contribution >= 0.6 is 24.0 Å². The van der Waals surface area contributed by atoms with Gasteiger partial charge in [-0.05, 0) is 30.3 Å². The van der Waals surface area contributed by atoms with Crippen molar-refractivity contribution in [1.82, 2.24) is 15.2 Å². The van der Waals surface area contributed by atoms with Gasteiger partial charge in [-0.25, -0.2) is 0 Å². The molecule has 1 amide bonds. The first-order valence-electron chi connectivity index (χ1n) is 7.63. The molecule has 0 aliphatic carbocycles. The van der Waals surface area contributed by atoms with Crippen LogP contribution < -0.4 is 16.0 Å². The third-order valence-electron chi connectivity index (χ3n) is 3.28. The molecule has 2 rings (SSSR count). The number of nitrogens with zero attached hydrogens (tertiary/aromatic N) is 2. The van der Waals surface area contributed by atoms with Gasteiger partial charge < -0.3 is 20.5 Å². The van der Waals surface area contributed by atoms with Gasteiger partial charge >= 0.3 is 0 Å². The second-order valence-electron chi connectivity index (χ2n) is 5.05. The van der Waals surface area contributed by atoms with E-state index in [2.05, 4.69) is 31.4 Å². The van der Waals surface area contributed by atoms with Crippen LogP contribution in [0.3, 0.4) is 0 Å². The number of guanidine groups is 1. The number of aliphatic imine (C=N–C) groups is 1. The van der Waals surface area contributed by atoms with E-state index in [9.17, 15) is 4.79 Å². The van der Waals surface area contributed by atoms with E-state index in [4.69, 9.17) is 6.42 Å². The lowest BCUT2D eigenvalue weighted by atomic mass is 10.2. The standard InChI is InChI=1S/C18H21N5O.HI/c1-3-15-7-6-8-16(13-15)22-17(24)14-21-18(19-2)20-9-12-23-10-4-5-11-23;/h1,4-8,10-11,13H,9,12,14H2,2H3,(H,22,24)(H2,19,20,21);1H. The Morgan fingerprint density at radius 3 is 2.68 bits per heavy atom. The van der Waals surface area contributed by atoms with Gasteiger partial charge in [0, 0.05) is 43.8 Å². The van der Waals surface area contributed by atoms with E-state index >= 15 is 0 Å². The monoisotopic (exact) mass is 451 g/mol. The highest BCUT2D eigenvalue weighted by atomic mass is 127. The molecule has 0 aliphatic rings. The molecule has 0 radical (unpaired) electrons. The normalized spacial score (nSPS) is 10.3. The zero-order valence-corrected chi connectivity index (χ0v) is 16.4. The van der Waals surface area contributed by atoms with Crippen molar-refractivity contribution in [3.8, 4) is 12.3 Å².